The van der Waals surface area contributed by atoms with Crippen LogP contribution in [0.1, 0.15) is 30.4 Å². The zero-order chi connectivity index (χ0) is 16.8. The van der Waals surface area contributed by atoms with E-state index in [1.54, 1.807) is 25.4 Å². The number of benzene rings is 1. The number of pyridine rings is 1. The molecule has 24 heavy (non-hydrogen) atoms. The molecule has 128 valence electrons. The highest BCUT2D eigenvalue weighted by Gasteiger charge is 2.20. The Bertz CT molecular complexity index is 654. The highest BCUT2D eigenvalue weighted by atomic mass is 19.1. The van der Waals surface area contributed by atoms with Gasteiger partial charge in [0, 0.05) is 18.3 Å². The van der Waals surface area contributed by atoms with Crippen molar-refractivity contribution in [2.75, 3.05) is 20.2 Å². The normalized spacial score (nSPS) is 16.2. The van der Waals surface area contributed by atoms with Gasteiger partial charge in [-0.25, -0.2) is 9.37 Å². The van der Waals surface area contributed by atoms with E-state index in [0.29, 0.717) is 0 Å². The number of nitrogens with zero attached hydrogens (tertiary/aromatic N) is 2. The van der Waals surface area contributed by atoms with E-state index in [0.717, 1.165) is 55.4 Å². The summed E-state index contributed by atoms with van der Waals surface area (Å²) in [5.41, 5.74) is 2.26. The van der Waals surface area contributed by atoms with Crippen LogP contribution in [0.25, 0.3) is 0 Å². The van der Waals surface area contributed by atoms with Crippen molar-refractivity contribution >= 4 is 0 Å². The van der Waals surface area contributed by atoms with E-state index in [2.05, 4.69) is 16.0 Å². The number of aryl methyl sites for hydroxylation is 1. The quantitative estimate of drug-likeness (QED) is 0.799. The Balaban J connectivity index is 1.45. The Morgan fingerprint density at radius 2 is 2.04 bits per heavy atom. The smallest absolute Gasteiger partial charge is 0.217 e. The fourth-order valence-electron chi connectivity index (χ4n) is 3.47. The van der Waals surface area contributed by atoms with Gasteiger partial charge in [0.1, 0.15) is 5.82 Å². The molecule has 0 atom stereocenters. The van der Waals surface area contributed by atoms with Gasteiger partial charge in [0.05, 0.1) is 7.11 Å². The Labute approximate surface area is 143 Å². The molecule has 1 aliphatic heterocycles. The van der Waals surface area contributed by atoms with Gasteiger partial charge < -0.3 is 4.74 Å². The summed E-state index contributed by atoms with van der Waals surface area (Å²) >= 11 is 0. The Morgan fingerprint density at radius 3 is 2.79 bits per heavy atom. The van der Waals surface area contributed by atoms with Crippen molar-refractivity contribution in [3.05, 3.63) is 59.5 Å². The van der Waals surface area contributed by atoms with Crippen LogP contribution in [0.3, 0.4) is 0 Å². The molecule has 0 spiro atoms. The molecular weight excluding hydrogens is 303 g/mol. The molecule has 3 nitrogen and oxygen atoms in total. The summed E-state index contributed by atoms with van der Waals surface area (Å²) in [4.78, 5) is 6.74. The van der Waals surface area contributed by atoms with Crippen molar-refractivity contribution < 1.29 is 9.13 Å². The van der Waals surface area contributed by atoms with E-state index >= 15 is 0 Å². The second-order valence-electron chi connectivity index (χ2n) is 6.56. The lowest BCUT2D eigenvalue weighted by Crippen LogP contribution is -2.33. The van der Waals surface area contributed by atoms with Crippen LogP contribution in [-0.2, 0) is 13.0 Å². The Kier molecular flexibility index (Phi) is 5.81. The maximum Gasteiger partial charge on any atom is 0.217 e. The predicted octanol–water partition coefficient (Wildman–Crippen LogP) is 4.07. The monoisotopic (exact) mass is 328 g/mol. The lowest BCUT2D eigenvalue weighted by molar-refractivity contribution is 0.170. The summed E-state index contributed by atoms with van der Waals surface area (Å²) in [6, 6.07) is 11.0. The lowest BCUT2D eigenvalue weighted by Gasteiger charge is -2.32. The molecule has 1 fully saturated rings. The van der Waals surface area contributed by atoms with Gasteiger partial charge in [0.25, 0.3) is 0 Å². The Morgan fingerprint density at radius 1 is 1.21 bits per heavy atom. The van der Waals surface area contributed by atoms with Crippen molar-refractivity contribution in [1.29, 1.82) is 0 Å². The molecule has 0 aliphatic carbocycles. The average Bonchev–Trinajstić information content (AvgIpc) is 2.62. The van der Waals surface area contributed by atoms with Crippen LogP contribution in [0.5, 0.6) is 5.88 Å². The van der Waals surface area contributed by atoms with Crippen molar-refractivity contribution in [3.8, 4) is 5.88 Å². The summed E-state index contributed by atoms with van der Waals surface area (Å²) in [6.45, 7) is 3.10. The highest BCUT2D eigenvalue weighted by molar-refractivity contribution is 5.25. The van der Waals surface area contributed by atoms with Crippen molar-refractivity contribution in [3.63, 3.8) is 0 Å². The van der Waals surface area contributed by atoms with Crippen LogP contribution < -0.4 is 4.74 Å². The number of rotatable bonds is 6. The number of likely N-dealkylation sites (tertiary alicyclic amines) is 1. The fourth-order valence-corrected chi connectivity index (χ4v) is 3.47. The third kappa shape index (κ3) is 4.54. The molecule has 0 bridgehead atoms. The van der Waals surface area contributed by atoms with E-state index in [1.807, 2.05) is 12.1 Å². The zero-order valence-corrected chi connectivity index (χ0v) is 14.2. The molecule has 3 rings (SSSR count). The number of hydrogen-bond acceptors (Lipinski definition) is 3. The minimum absolute atomic E-state index is 0.132. The topological polar surface area (TPSA) is 25.4 Å². The Hall–Kier alpha value is -1.94. The summed E-state index contributed by atoms with van der Waals surface area (Å²) in [5.74, 6) is 1.33. The van der Waals surface area contributed by atoms with Crippen LogP contribution in [0, 0.1) is 11.7 Å². The molecule has 1 aromatic carbocycles. The van der Waals surface area contributed by atoms with Gasteiger partial charge in [-0.1, -0.05) is 18.2 Å². The average molecular weight is 328 g/mol. The third-order valence-electron chi connectivity index (χ3n) is 4.87. The number of ether oxygens (including phenoxy) is 1. The van der Waals surface area contributed by atoms with Gasteiger partial charge >= 0.3 is 0 Å². The second-order valence-corrected chi connectivity index (χ2v) is 6.56. The molecule has 0 N–H and O–H groups in total. The highest BCUT2D eigenvalue weighted by Crippen LogP contribution is 2.25. The van der Waals surface area contributed by atoms with Crippen molar-refractivity contribution in [2.24, 2.45) is 5.92 Å². The van der Waals surface area contributed by atoms with Crippen molar-refractivity contribution in [1.82, 2.24) is 9.88 Å². The van der Waals surface area contributed by atoms with Gasteiger partial charge in [-0.3, -0.25) is 4.90 Å². The van der Waals surface area contributed by atoms with E-state index in [-0.39, 0.29) is 5.82 Å². The zero-order valence-electron chi connectivity index (χ0n) is 14.2. The number of halogens is 1. The van der Waals surface area contributed by atoms with E-state index in [9.17, 15) is 4.39 Å². The van der Waals surface area contributed by atoms with Gasteiger partial charge in [0.2, 0.25) is 5.88 Å². The SMILES string of the molecule is COc1ncccc1CN1CCC(CCc2cccc(F)c2)CC1. The largest absolute Gasteiger partial charge is 0.481 e. The van der Waals surface area contributed by atoms with Crippen LogP contribution in [0.4, 0.5) is 4.39 Å². The molecule has 2 aromatic rings. The van der Waals surface area contributed by atoms with Crippen LogP contribution in [-0.4, -0.2) is 30.1 Å². The van der Waals surface area contributed by atoms with Gasteiger partial charge in [0.15, 0.2) is 0 Å². The molecule has 0 amide bonds. The van der Waals surface area contributed by atoms with Crippen LogP contribution in [0.15, 0.2) is 42.6 Å². The van der Waals surface area contributed by atoms with Crippen LogP contribution in [0.2, 0.25) is 0 Å². The number of piperidine rings is 1. The maximum atomic E-state index is 13.2. The van der Waals surface area contributed by atoms with E-state index in [1.165, 1.54) is 18.9 Å². The van der Waals surface area contributed by atoms with Crippen LogP contribution >= 0.6 is 0 Å². The number of aromatic nitrogens is 1. The molecule has 0 saturated carbocycles. The predicted molar refractivity (Wildman–Crippen MR) is 93.5 cm³/mol. The minimum Gasteiger partial charge on any atom is -0.481 e. The molecule has 1 aromatic heterocycles. The number of hydrogen-bond donors (Lipinski definition) is 0. The summed E-state index contributed by atoms with van der Waals surface area (Å²) < 4.78 is 18.6. The summed E-state index contributed by atoms with van der Waals surface area (Å²) in [6.07, 6.45) is 6.29. The van der Waals surface area contributed by atoms with Crippen molar-refractivity contribution in [2.45, 2.75) is 32.2 Å². The molecule has 1 saturated heterocycles. The first-order valence-electron chi connectivity index (χ1n) is 8.69. The number of methoxy groups -OCH3 is 1. The van der Waals surface area contributed by atoms with E-state index < -0.39 is 0 Å². The fraction of sp³-hybridized carbons (Fsp3) is 0.450. The first-order valence-corrected chi connectivity index (χ1v) is 8.69. The lowest BCUT2D eigenvalue weighted by atomic mass is 9.90. The minimum atomic E-state index is -0.132. The van der Waals surface area contributed by atoms with Gasteiger partial charge in [-0.2, -0.15) is 0 Å². The summed E-state index contributed by atoms with van der Waals surface area (Å²) in [5, 5.41) is 0. The molecular formula is C20H25FN2O. The second kappa shape index (κ2) is 8.25. The summed E-state index contributed by atoms with van der Waals surface area (Å²) in [7, 11) is 1.67. The molecule has 2 heterocycles. The van der Waals surface area contributed by atoms with Gasteiger partial charge in [-0.15, -0.1) is 0 Å². The van der Waals surface area contributed by atoms with Gasteiger partial charge in [-0.05, 0) is 68.5 Å². The molecule has 0 unspecified atom stereocenters. The first-order chi connectivity index (χ1) is 11.7. The van der Waals surface area contributed by atoms with E-state index in [4.69, 9.17) is 4.74 Å². The molecule has 4 heteroatoms. The first kappa shape index (κ1) is 16.9. The maximum absolute atomic E-state index is 13.2. The third-order valence-corrected chi connectivity index (χ3v) is 4.87. The standard InChI is InChI=1S/C20H25FN2O/c1-24-20-18(5-3-11-22-20)15-23-12-9-16(10-13-23)7-8-17-4-2-6-19(21)14-17/h2-6,11,14,16H,7-10,12-13,15H2,1H3. The molecule has 1 aliphatic rings. The molecule has 0 radical (unpaired) electrons.